The number of ether oxygens (including phenoxy) is 3. The van der Waals surface area contributed by atoms with Gasteiger partial charge < -0.3 is 39.5 Å². The summed E-state index contributed by atoms with van der Waals surface area (Å²) in [6.07, 6.45) is 13.7. The lowest BCUT2D eigenvalue weighted by Gasteiger charge is -2.59. The number of hydrogen-bond donors (Lipinski definition) is 3. The van der Waals surface area contributed by atoms with Crippen LogP contribution < -0.4 is 14.8 Å². The maximum atomic E-state index is 14.5. The monoisotopic (exact) mass is 892 g/mol. The molecule has 3 aromatic rings. The molecule has 4 aliphatic rings. The number of aliphatic hydroxyl groups is 2. The van der Waals surface area contributed by atoms with E-state index in [1.165, 1.54) is 25.0 Å². The molecule has 14 nitrogen and oxygen atoms in total. The highest BCUT2D eigenvalue weighted by molar-refractivity contribution is 6.03. The molecule has 2 fully saturated rings. The molecule has 0 spiro atoms. The maximum absolute atomic E-state index is 14.5. The number of amides is 2. The van der Waals surface area contributed by atoms with Crippen molar-refractivity contribution in [3.8, 4) is 11.5 Å². The summed E-state index contributed by atoms with van der Waals surface area (Å²) < 4.78 is 20.2. The number of fused-ring (bicyclic) bond motifs is 2. The van der Waals surface area contributed by atoms with Crippen molar-refractivity contribution in [2.75, 3.05) is 26.9 Å². The van der Waals surface area contributed by atoms with Gasteiger partial charge in [0.2, 0.25) is 11.7 Å². The Bertz CT molecular complexity index is 2160. The number of allylic oxidation sites excluding steroid dienone is 1. The van der Waals surface area contributed by atoms with Crippen LogP contribution >= 0.6 is 0 Å². The summed E-state index contributed by atoms with van der Waals surface area (Å²) in [5.74, 6) is -0.867. The molecule has 0 bridgehead atoms. The van der Waals surface area contributed by atoms with Gasteiger partial charge in [-0.15, -0.1) is 6.58 Å². The molecule has 3 N–H and O–H groups in total. The van der Waals surface area contributed by atoms with Crippen LogP contribution in [0.25, 0.3) is 0 Å². The molecule has 14 heteroatoms. The predicted octanol–water partition coefficient (Wildman–Crippen LogP) is 9.15. The minimum absolute atomic E-state index is 0.000452. The van der Waals surface area contributed by atoms with Gasteiger partial charge in [-0.2, -0.15) is 0 Å². The van der Waals surface area contributed by atoms with Gasteiger partial charge in [-0.25, -0.2) is 4.79 Å². The van der Waals surface area contributed by atoms with Crippen LogP contribution in [-0.2, 0) is 27.5 Å². The number of non-ortho nitro benzene ring substituents is 1. The van der Waals surface area contributed by atoms with Gasteiger partial charge in [-0.05, 0) is 96.9 Å². The zero-order valence-corrected chi connectivity index (χ0v) is 37.5. The summed E-state index contributed by atoms with van der Waals surface area (Å²) in [5.41, 5.74) is 3.95. The highest BCUT2D eigenvalue weighted by Crippen LogP contribution is 2.62. The molecule has 2 amide bonds. The Balaban J connectivity index is 1.33. The van der Waals surface area contributed by atoms with E-state index in [1.54, 1.807) is 29.2 Å². The van der Waals surface area contributed by atoms with E-state index in [0.717, 1.165) is 61.6 Å². The van der Waals surface area contributed by atoms with E-state index >= 15 is 0 Å². The van der Waals surface area contributed by atoms with E-state index in [1.807, 2.05) is 49.5 Å². The summed E-state index contributed by atoms with van der Waals surface area (Å²) in [5, 5.41) is 38.9. The highest BCUT2D eigenvalue weighted by atomic mass is 16.7. The predicted molar refractivity (Wildman–Crippen MR) is 246 cm³/mol. The fourth-order valence-electron chi connectivity index (χ4n) is 10.6. The van der Waals surface area contributed by atoms with E-state index in [-0.39, 0.29) is 62.2 Å². The van der Waals surface area contributed by atoms with E-state index in [2.05, 4.69) is 18.0 Å². The number of hydrogen-bond acceptors (Lipinski definition) is 11. The Kier molecular flexibility index (Phi) is 16.4. The minimum Gasteiger partial charge on any atom is -0.459 e. The molecular formula is C51H64N4O10. The largest absolute Gasteiger partial charge is 0.459 e. The number of nitrogens with one attached hydrogen (secondary N) is 1. The van der Waals surface area contributed by atoms with E-state index in [4.69, 9.17) is 24.2 Å². The Morgan fingerprint density at radius 1 is 0.985 bits per heavy atom. The first kappa shape index (κ1) is 47.4. The van der Waals surface area contributed by atoms with Crippen LogP contribution in [0.1, 0.15) is 106 Å². The summed E-state index contributed by atoms with van der Waals surface area (Å²) in [4.78, 5) is 46.5. The Hall–Kier alpha value is -5.57. The lowest BCUT2D eigenvalue weighted by molar-refractivity contribution is -0.384. The number of benzene rings is 3. The summed E-state index contributed by atoms with van der Waals surface area (Å²) in [6, 6.07) is 20.5. The van der Waals surface area contributed by atoms with E-state index < -0.39 is 28.8 Å². The van der Waals surface area contributed by atoms with Crippen LogP contribution in [0.15, 0.2) is 102 Å². The molecule has 1 aliphatic heterocycles. The number of nitro benzene ring substituents is 1. The third-order valence-electron chi connectivity index (χ3n) is 13.8. The van der Waals surface area contributed by atoms with Crippen LogP contribution in [0.2, 0.25) is 0 Å². The van der Waals surface area contributed by atoms with Crippen LogP contribution in [0.3, 0.4) is 0 Å². The summed E-state index contributed by atoms with van der Waals surface area (Å²) in [6.45, 7) is 4.61. The number of unbranched alkanes of at least 4 members (excludes halogenated alkanes) is 2. The van der Waals surface area contributed by atoms with Gasteiger partial charge >= 0.3 is 6.09 Å². The van der Waals surface area contributed by atoms with E-state index in [9.17, 15) is 29.9 Å². The maximum Gasteiger partial charge on any atom is 0.412 e. The number of oxime groups is 1. The number of nitrogens with zero attached hydrogens (tertiary/aromatic N) is 3. The lowest BCUT2D eigenvalue weighted by Crippen LogP contribution is -2.69. The quantitative estimate of drug-likeness (QED) is 0.0381. The molecule has 7 rings (SSSR count). The molecule has 3 aliphatic carbocycles. The fourth-order valence-corrected chi connectivity index (χ4v) is 10.6. The molecule has 0 aromatic heterocycles. The zero-order valence-electron chi connectivity index (χ0n) is 37.5. The number of likely N-dealkylation sites (N-methyl/N-ethyl adjacent to an activating group) is 1. The second kappa shape index (κ2) is 22.6. The van der Waals surface area contributed by atoms with Crippen molar-refractivity contribution in [3.63, 3.8) is 0 Å². The Morgan fingerprint density at radius 3 is 2.43 bits per heavy atom. The van der Waals surface area contributed by atoms with E-state index in [0.29, 0.717) is 54.5 Å². The molecule has 0 unspecified atom stereocenters. The third kappa shape index (κ3) is 11.3. The normalized spacial score (nSPS) is 24.0. The number of aliphatic hydroxyl groups excluding tert-OH is 2. The molecule has 65 heavy (non-hydrogen) atoms. The van der Waals surface area contributed by atoms with Crippen molar-refractivity contribution in [2.24, 2.45) is 28.8 Å². The van der Waals surface area contributed by atoms with Gasteiger partial charge in [0.25, 0.3) is 5.69 Å². The van der Waals surface area contributed by atoms with Gasteiger partial charge in [-0.3, -0.25) is 14.9 Å². The first-order chi connectivity index (χ1) is 31.6. The van der Waals surface area contributed by atoms with Crippen molar-refractivity contribution in [3.05, 3.63) is 124 Å². The molecule has 2 saturated carbocycles. The van der Waals surface area contributed by atoms with Crippen molar-refractivity contribution >= 4 is 23.4 Å². The molecule has 1 heterocycles. The van der Waals surface area contributed by atoms with Crippen molar-refractivity contribution < 1.29 is 43.8 Å². The topological polar surface area (TPSA) is 182 Å². The molecule has 3 aromatic carbocycles. The SMILES string of the molecule is C=CCO[C@@]12Oc3ccc(OC(=O)NCc4ccccc4)cc3[C@H]3[C@H](CCCCO)[C@@H](CCCCO)C=C(C(=NOCc4ccc([N+](=O)[O-])cc4)C[C@@H]1N(C)C(=O)CCC1CCCC1)[C@H]32. The number of nitro groups is 1. The molecular weight excluding hydrogens is 829 g/mol. The van der Waals surface area contributed by atoms with Crippen LogP contribution in [-0.4, -0.2) is 76.4 Å². The van der Waals surface area contributed by atoms with Gasteiger partial charge in [0.05, 0.1) is 23.2 Å². The van der Waals surface area contributed by atoms with Gasteiger partial charge in [0, 0.05) is 63.3 Å². The first-order valence-electron chi connectivity index (χ1n) is 23.3. The van der Waals surface area contributed by atoms with Gasteiger partial charge in [-0.1, -0.05) is 86.2 Å². The first-order valence-corrected chi connectivity index (χ1v) is 23.3. The average Bonchev–Trinajstić information content (AvgIpc) is 3.85. The number of rotatable bonds is 22. The Morgan fingerprint density at radius 2 is 1.72 bits per heavy atom. The lowest BCUT2D eigenvalue weighted by atomic mass is 9.55. The van der Waals surface area contributed by atoms with Crippen LogP contribution in [0.5, 0.6) is 11.5 Å². The molecule has 348 valence electrons. The molecule has 0 saturated heterocycles. The smallest absolute Gasteiger partial charge is 0.412 e. The molecule has 6 atom stereocenters. The second-order valence-corrected chi connectivity index (χ2v) is 17.9. The van der Waals surface area contributed by atoms with Crippen LogP contribution in [0, 0.1) is 33.8 Å². The van der Waals surface area contributed by atoms with Crippen molar-refractivity contribution in [1.29, 1.82) is 0 Å². The van der Waals surface area contributed by atoms with Crippen LogP contribution in [0.4, 0.5) is 10.5 Å². The number of carbonyl (C=O) groups excluding carboxylic acids is 2. The second-order valence-electron chi connectivity index (χ2n) is 17.9. The van der Waals surface area contributed by atoms with Gasteiger partial charge in [0.1, 0.15) is 24.1 Å². The van der Waals surface area contributed by atoms with Gasteiger partial charge in [0.15, 0.2) is 0 Å². The van der Waals surface area contributed by atoms with Crippen molar-refractivity contribution in [1.82, 2.24) is 10.2 Å². The van der Waals surface area contributed by atoms with Crippen molar-refractivity contribution in [2.45, 2.75) is 114 Å². The highest BCUT2D eigenvalue weighted by Gasteiger charge is 2.65. The fraction of sp³-hybridized carbons (Fsp3) is 0.510. The number of carbonyl (C=O) groups is 2. The average molecular weight is 893 g/mol. The minimum atomic E-state index is -1.41. The standard InChI is InChI=1S/C51H64N4O10/c1-3-29-62-51-46(54(2)47(58)26-21-35-13-7-8-14-35)32-44(53-63-34-37-19-22-39(23-20-37)55(60)61)42-30-38(17-9-11-27-56)41(18-10-12-28-57)48(49(42)51)43-31-40(24-25-45(43)65-51)64-50(59)52-33-36-15-5-4-6-16-36/h3-6,15-16,19-20,22-25,30-31,35,38,41,46,48-49,56-57H,1,7-14,17-18,21,26-29,32-34H2,2H3,(H,52,59)/t38-,41+,46-,48+,49+,51+/m0/s1. The summed E-state index contributed by atoms with van der Waals surface area (Å²) >= 11 is 0. The summed E-state index contributed by atoms with van der Waals surface area (Å²) in [7, 11) is 1.82. The molecule has 0 radical (unpaired) electrons. The zero-order chi connectivity index (χ0) is 45.8. The Labute approximate surface area is 381 Å². The third-order valence-corrected chi connectivity index (χ3v) is 13.8.